The van der Waals surface area contributed by atoms with E-state index in [2.05, 4.69) is 5.32 Å². The highest BCUT2D eigenvalue weighted by Crippen LogP contribution is 2.11. The van der Waals surface area contributed by atoms with E-state index in [0.717, 1.165) is 12.0 Å². The fraction of sp³-hybridized carbons (Fsp3) is 0.429. The second-order valence-electron chi connectivity index (χ2n) is 4.67. The van der Waals surface area contributed by atoms with Gasteiger partial charge in [-0.15, -0.1) is 0 Å². The van der Waals surface area contributed by atoms with Crippen LogP contribution in [0.1, 0.15) is 18.9 Å². The van der Waals surface area contributed by atoms with Gasteiger partial charge in [-0.05, 0) is 12.0 Å². The summed E-state index contributed by atoms with van der Waals surface area (Å²) in [6.07, 6.45) is 0.455. The maximum absolute atomic E-state index is 11.8. The number of nitrogens with one attached hydrogen (secondary N) is 1. The van der Waals surface area contributed by atoms with Crippen LogP contribution in [0.2, 0.25) is 0 Å². The summed E-state index contributed by atoms with van der Waals surface area (Å²) in [5, 5.41) is 2.81. The molecular weight excluding hydrogens is 244 g/mol. The number of nitrogens with zero attached hydrogens (tertiary/aromatic N) is 1. The zero-order chi connectivity index (χ0) is 13.7. The van der Waals surface area contributed by atoms with Crippen molar-refractivity contribution in [3.8, 4) is 0 Å². The summed E-state index contributed by atoms with van der Waals surface area (Å²) in [5.74, 6) is -0.0653. The van der Waals surface area contributed by atoms with Gasteiger partial charge in [-0.2, -0.15) is 0 Å². The van der Waals surface area contributed by atoms with Gasteiger partial charge in [0.2, 0.25) is 5.91 Å². The third kappa shape index (κ3) is 3.98. The molecule has 1 aromatic carbocycles. The van der Waals surface area contributed by atoms with Crippen molar-refractivity contribution >= 4 is 12.0 Å². The molecule has 19 heavy (non-hydrogen) atoms. The van der Waals surface area contributed by atoms with Crippen LogP contribution in [0.15, 0.2) is 30.3 Å². The quantitative estimate of drug-likeness (QED) is 0.898. The van der Waals surface area contributed by atoms with Gasteiger partial charge in [-0.3, -0.25) is 4.79 Å². The Hall–Kier alpha value is -2.04. The topological polar surface area (TPSA) is 58.6 Å². The first-order valence-corrected chi connectivity index (χ1v) is 6.38. The van der Waals surface area contributed by atoms with Crippen LogP contribution < -0.4 is 5.32 Å². The molecule has 2 amide bonds. The molecule has 1 aliphatic heterocycles. The average Bonchev–Trinajstić information content (AvgIpc) is 2.85. The zero-order valence-corrected chi connectivity index (χ0v) is 11.0. The molecule has 5 nitrogen and oxygen atoms in total. The number of likely N-dealkylation sites (tertiary alicyclic amines) is 1. The smallest absolute Gasteiger partial charge is 0.410 e. The van der Waals surface area contributed by atoms with Crippen LogP contribution in [0.25, 0.3) is 0 Å². The molecule has 0 aromatic heterocycles. The first-order chi connectivity index (χ1) is 9.15. The largest absolute Gasteiger partial charge is 0.445 e. The van der Waals surface area contributed by atoms with Gasteiger partial charge in [0.1, 0.15) is 6.61 Å². The molecule has 1 aromatic rings. The molecule has 0 radical (unpaired) electrons. The zero-order valence-electron chi connectivity index (χ0n) is 11.0. The minimum absolute atomic E-state index is 0.0433. The number of hydrogen-bond acceptors (Lipinski definition) is 3. The van der Waals surface area contributed by atoms with Gasteiger partial charge in [-0.1, -0.05) is 30.3 Å². The lowest BCUT2D eigenvalue weighted by atomic mass is 10.2. The van der Waals surface area contributed by atoms with Crippen molar-refractivity contribution in [3.63, 3.8) is 0 Å². The minimum atomic E-state index is -0.322. The molecule has 5 heteroatoms. The highest BCUT2D eigenvalue weighted by molar-refractivity contribution is 5.73. The predicted octanol–water partition coefficient (Wildman–Crippen LogP) is 1.53. The molecule has 1 saturated heterocycles. The van der Waals surface area contributed by atoms with E-state index in [1.807, 2.05) is 30.3 Å². The average molecular weight is 262 g/mol. The number of benzene rings is 1. The molecule has 0 aliphatic carbocycles. The maximum Gasteiger partial charge on any atom is 0.410 e. The lowest BCUT2D eigenvalue weighted by molar-refractivity contribution is -0.119. The monoisotopic (exact) mass is 262 g/mol. The van der Waals surface area contributed by atoms with E-state index in [1.165, 1.54) is 6.92 Å². The van der Waals surface area contributed by atoms with Crippen LogP contribution in [0, 0.1) is 0 Å². The fourth-order valence-corrected chi connectivity index (χ4v) is 2.14. The molecule has 102 valence electrons. The fourth-order valence-electron chi connectivity index (χ4n) is 2.14. The van der Waals surface area contributed by atoms with Crippen molar-refractivity contribution in [1.29, 1.82) is 0 Å². The van der Waals surface area contributed by atoms with Gasteiger partial charge in [-0.25, -0.2) is 4.79 Å². The molecule has 0 bridgehead atoms. The highest BCUT2D eigenvalue weighted by atomic mass is 16.6. The molecule has 1 unspecified atom stereocenters. The van der Waals surface area contributed by atoms with Crippen molar-refractivity contribution in [2.45, 2.75) is 26.0 Å². The highest BCUT2D eigenvalue weighted by Gasteiger charge is 2.27. The molecule has 1 atom stereocenters. The first kappa shape index (κ1) is 13.4. The lowest BCUT2D eigenvalue weighted by Crippen LogP contribution is -2.37. The summed E-state index contributed by atoms with van der Waals surface area (Å²) >= 11 is 0. The first-order valence-electron chi connectivity index (χ1n) is 6.38. The third-order valence-corrected chi connectivity index (χ3v) is 3.06. The number of ether oxygens (including phenoxy) is 1. The van der Waals surface area contributed by atoms with E-state index in [0.29, 0.717) is 13.1 Å². The van der Waals surface area contributed by atoms with E-state index in [4.69, 9.17) is 4.74 Å². The molecule has 1 aliphatic rings. The van der Waals surface area contributed by atoms with E-state index in [9.17, 15) is 9.59 Å². The Kier molecular flexibility index (Phi) is 4.39. The Morgan fingerprint density at radius 3 is 2.79 bits per heavy atom. The minimum Gasteiger partial charge on any atom is -0.445 e. The number of rotatable bonds is 3. The Balaban J connectivity index is 1.77. The lowest BCUT2D eigenvalue weighted by Gasteiger charge is -2.16. The van der Waals surface area contributed by atoms with Crippen molar-refractivity contribution in [3.05, 3.63) is 35.9 Å². The van der Waals surface area contributed by atoms with Gasteiger partial charge >= 0.3 is 6.09 Å². The predicted molar refractivity (Wildman–Crippen MR) is 70.4 cm³/mol. The molecule has 1 heterocycles. The second-order valence-corrected chi connectivity index (χ2v) is 4.67. The van der Waals surface area contributed by atoms with Crippen LogP contribution in [0.5, 0.6) is 0 Å². The second kappa shape index (κ2) is 6.22. The standard InChI is InChI=1S/C14H18N2O3/c1-11(17)15-13-7-8-16(9-13)14(18)19-10-12-5-3-2-4-6-12/h2-6,13H,7-10H2,1H3,(H,15,17). The number of hydrogen-bond donors (Lipinski definition) is 1. The van der Waals surface area contributed by atoms with Gasteiger partial charge in [0.05, 0.1) is 0 Å². The summed E-state index contributed by atoms with van der Waals surface area (Å²) in [4.78, 5) is 24.4. The summed E-state index contributed by atoms with van der Waals surface area (Å²) in [6.45, 7) is 2.91. The third-order valence-electron chi connectivity index (χ3n) is 3.06. The van der Waals surface area contributed by atoms with Crippen LogP contribution in [-0.4, -0.2) is 36.0 Å². The van der Waals surface area contributed by atoms with Crippen LogP contribution in [-0.2, 0) is 16.1 Å². The number of carbonyl (C=O) groups is 2. The Morgan fingerprint density at radius 1 is 1.37 bits per heavy atom. The molecule has 1 fully saturated rings. The van der Waals surface area contributed by atoms with E-state index in [-0.39, 0.29) is 24.6 Å². The van der Waals surface area contributed by atoms with Crippen molar-refractivity contribution in [2.24, 2.45) is 0 Å². The number of carbonyl (C=O) groups excluding carboxylic acids is 2. The van der Waals surface area contributed by atoms with Crippen molar-refractivity contribution in [2.75, 3.05) is 13.1 Å². The Labute approximate surface area is 112 Å². The van der Waals surface area contributed by atoms with Gasteiger partial charge in [0, 0.05) is 26.1 Å². The summed E-state index contributed by atoms with van der Waals surface area (Å²) in [6, 6.07) is 9.61. The normalized spacial score (nSPS) is 18.2. The van der Waals surface area contributed by atoms with Crippen LogP contribution in [0.3, 0.4) is 0 Å². The van der Waals surface area contributed by atoms with E-state index >= 15 is 0 Å². The maximum atomic E-state index is 11.8. The van der Waals surface area contributed by atoms with Crippen LogP contribution >= 0.6 is 0 Å². The van der Waals surface area contributed by atoms with E-state index in [1.54, 1.807) is 4.90 Å². The van der Waals surface area contributed by atoms with E-state index < -0.39 is 0 Å². The Morgan fingerprint density at radius 2 is 2.11 bits per heavy atom. The summed E-state index contributed by atoms with van der Waals surface area (Å²) in [5.41, 5.74) is 0.966. The Bertz CT molecular complexity index is 447. The van der Waals surface area contributed by atoms with Gasteiger partial charge in [0.15, 0.2) is 0 Å². The SMILES string of the molecule is CC(=O)NC1CCN(C(=O)OCc2ccccc2)C1. The van der Waals surface area contributed by atoms with Gasteiger partial charge < -0.3 is 15.0 Å². The molecule has 0 saturated carbocycles. The molecular formula is C14H18N2O3. The summed E-state index contributed by atoms with van der Waals surface area (Å²) in [7, 11) is 0. The number of amides is 2. The van der Waals surface area contributed by atoms with Crippen LogP contribution in [0.4, 0.5) is 4.79 Å². The molecule has 2 rings (SSSR count). The van der Waals surface area contributed by atoms with Gasteiger partial charge in [0.25, 0.3) is 0 Å². The molecule has 1 N–H and O–H groups in total. The molecule has 0 spiro atoms. The van der Waals surface area contributed by atoms with Crippen molar-refractivity contribution < 1.29 is 14.3 Å². The van der Waals surface area contributed by atoms with Crippen molar-refractivity contribution in [1.82, 2.24) is 10.2 Å². The summed E-state index contributed by atoms with van der Waals surface area (Å²) < 4.78 is 5.24.